The van der Waals surface area contributed by atoms with Gasteiger partial charge in [0.2, 0.25) is 0 Å². The van der Waals surface area contributed by atoms with Crippen molar-refractivity contribution in [3.8, 4) is 0 Å². The molecule has 126 valence electrons. The lowest BCUT2D eigenvalue weighted by molar-refractivity contribution is -0.155. The molecular weight excluding hydrogens is 320 g/mol. The first-order valence-electron chi connectivity index (χ1n) is 7.09. The van der Waals surface area contributed by atoms with E-state index in [9.17, 15) is 19.8 Å². The zero-order valence-corrected chi connectivity index (χ0v) is 14.3. The molecule has 6 heteroatoms. The molecule has 0 aromatic heterocycles. The summed E-state index contributed by atoms with van der Waals surface area (Å²) >= 11 is 6.14. The molecule has 0 radical (unpaired) electrons. The van der Waals surface area contributed by atoms with Crippen LogP contribution in [0.15, 0.2) is 17.9 Å². The molecule has 0 amide bonds. The lowest BCUT2D eigenvalue weighted by atomic mass is 9.83. The van der Waals surface area contributed by atoms with Crippen LogP contribution in [0.2, 0.25) is 5.02 Å². The number of aliphatic hydroxyl groups excluding tert-OH is 2. The first-order chi connectivity index (χ1) is 10.5. The average Bonchev–Trinajstić information content (AvgIpc) is 2.42. The van der Waals surface area contributed by atoms with Gasteiger partial charge in [0.15, 0.2) is 5.78 Å². The highest BCUT2D eigenvalue weighted by Crippen LogP contribution is 2.26. The Balaban J connectivity index is 3.12. The van der Waals surface area contributed by atoms with Crippen molar-refractivity contribution in [1.82, 2.24) is 0 Å². The van der Waals surface area contributed by atoms with Crippen molar-refractivity contribution in [3.05, 3.63) is 39.6 Å². The Morgan fingerprint density at radius 1 is 1.30 bits per heavy atom. The van der Waals surface area contributed by atoms with Crippen LogP contribution in [-0.2, 0) is 16.0 Å². The number of carbonyl (C=O) groups is 2. The van der Waals surface area contributed by atoms with Crippen molar-refractivity contribution in [1.29, 1.82) is 0 Å². The SMILES string of the molecule is C/C(O)=C/c1cc(CC(O)C(=O)C(C)(C)C(=O)O)c(Cl)cc1C. The molecular formula is C17H21ClO5. The van der Waals surface area contributed by atoms with E-state index in [0.29, 0.717) is 16.1 Å². The molecule has 3 N–H and O–H groups in total. The molecule has 1 aromatic carbocycles. The van der Waals surface area contributed by atoms with Crippen molar-refractivity contribution in [2.75, 3.05) is 0 Å². The second-order valence-corrected chi connectivity index (χ2v) is 6.51. The highest BCUT2D eigenvalue weighted by Gasteiger charge is 2.39. The van der Waals surface area contributed by atoms with E-state index in [1.54, 1.807) is 18.2 Å². The van der Waals surface area contributed by atoms with Gasteiger partial charge >= 0.3 is 5.97 Å². The monoisotopic (exact) mass is 340 g/mol. The van der Waals surface area contributed by atoms with Gasteiger partial charge in [0.25, 0.3) is 0 Å². The van der Waals surface area contributed by atoms with Gasteiger partial charge in [-0.1, -0.05) is 11.6 Å². The first kappa shape index (κ1) is 19.2. The molecule has 1 aromatic rings. The van der Waals surface area contributed by atoms with Gasteiger partial charge in [-0.05, 0) is 62.6 Å². The van der Waals surface area contributed by atoms with Crippen LogP contribution in [0.1, 0.15) is 37.5 Å². The maximum absolute atomic E-state index is 12.1. The number of ketones is 1. The number of hydrogen-bond donors (Lipinski definition) is 3. The molecule has 0 saturated carbocycles. The maximum Gasteiger partial charge on any atom is 0.316 e. The van der Waals surface area contributed by atoms with E-state index >= 15 is 0 Å². The van der Waals surface area contributed by atoms with Crippen LogP contribution in [0.4, 0.5) is 0 Å². The molecule has 0 bridgehead atoms. The normalized spacial score (nSPS) is 13.7. The van der Waals surface area contributed by atoms with E-state index in [0.717, 1.165) is 5.56 Å². The van der Waals surface area contributed by atoms with Crippen LogP contribution in [0.25, 0.3) is 6.08 Å². The smallest absolute Gasteiger partial charge is 0.316 e. The summed E-state index contributed by atoms with van der Waals surface area (Å²) in [7, 11) is 0. The fraction of sp³-hybridized carbons (Fsp3) is 0.412. The van der Waals surface area contributed by atoms with Crippen LogP contribution in [0, 0.1) is 12.3 Å². The lowest BCUT2D eigenvalue weighted by Crippen LogP contribution is -2.41. The van der Waals surface area contributed by atoms with Crippen LogP contribution in [0.5, 0.6) is 0 Å². The summed E-state index contributed by atoms with van der Waals surface area (Å²) < 4.78 is 0. The number of benzene rings is 1. The minimum Gasteiger partial charge on any atom is -0.513 e. The molecule has 1 rings (SSSR count). The van der Waals surface area contributed by atoms with Crippen molar-refractivity contribution in [3.63, 3.8) is 0 Å². The number of aliphatic hydroxyl groups is 2. The summed E-state index contributed by atoms with van der Waals surface area (Å²) in [6, 6.07) is 3.34. The Morgan fingerprint density at radius 3 is 2.35 bits per heavy atom. The number of carboxylic acid groups (broad SMARTS) is 1. The van der Waals surface area contributed by atoms with E-state index < -0.39 is 23.3 Å². The number of carboxylic acids is 1. The summed E-state index contributed by atoms with van der Waals surface area (Å²) in [5.74, 6) is -1.96. The molecule has 0 aliphatic rings. The Bertz CT molecular complexity index is 657. The Morgan fingerprint density at radius 2 is 1.87 bits per heavy atom. The number of allylic oxidation sites excluding steroid dienone is 1. The highest BCUT2D eigenvalue weighted by atomic mass is 35.5. The zero-order valence-electron chi connectivity index (χ0n) is 13.6. The largest absolute Gasteiger partial charge is 0.513 e. The number of halogens is 1. The lowest BCUT2D eigenvalue weighted by Gasteiger charge is -2.21. The van der Waals surface area contributed by atoms with Crippen LogP contribution >= 0.6 is 11.6 Å². The average molecular weight is 341 g/mol. The topological polar surface area (TPSA) is 94.8 Å². The van der Waals surface area contributed by atoms with Crippen LogP contribution < -0.4 is 0 Å². The summed E-state index contributed by atoms with van der Waals surface area (Å²) in [6.45, 7) is 5.85. The molecule has 1 atom stereocenters. The van der Waals surface area contributed by atoms with Gasteiger partial charge in [-0.2, -0.15) is 0 Å². The van der Waals surface area contributed by atoms with Crippen molar-refractivity contribution < 1.29 is 24.9 Å². The molecule has 0 aliphatic heterocycles. The molecule has 0 saturated heterocycles. The molecule has 0 fully saturated rings. The number of carbonyl (C=O) groups excluding carboxylic acids is 1. The molecule has 1 unspecified atom stereocenters. The third-order valence-electron chi connectivity index (χ3n) is 3.67. The van der Waals surface area contributed by atoms with Crippen molar-refractivity contribution in [2.24, 2.45) is 5.41 Å². The fourth-order valence-corrected chi connectivity index (χ4v) is 2.39. The van der Waals surface area contributed by atoms with Crippen LogP contribution in [-0.4, -0.2) is 33.2 Å². The number of hydrogen-bond acceptors (Lipinski definition) is 4. The van der Waals surface area contributed by atoms with Gasteiger partial charge in [-0.3, -0.25) is 9.59 Å². The maximum atomic E-state index is 12.1. The number of Topliss-reactive ketones (excluding diaryl/α,β-unsaturated/α-hetero) is 1. The predicted molar refractivity (Wildman–Crippen MR) is 88.6 cm³/mol. The second-order valence-electron chi connectivity index (χ2n) is 6.10. The molecule has 23 heavy (non-hydrogen) atoms. The van der Waals surface area contributed by atoms with E-state index in [4.69, 9.17) is 16.7 Å². The molecule has 5 nitrogen and oxygen atoms in total. The number of rotatable bonds is 6. The van der Waals surface area contributed by atoms with Gasteiger partial charge in [0.05, 0.1) is 5.76 Å². The predicted octanol–water partition coefficient (Wildman–Crippen LogP) is 3.15. The second kappa shape index (κ2) is 7.15. The molecule has 0 aliphatic carbocycles. The minimum absolute atomic E-state index is 0.0972. The van der Waals surface area contributed by atoms with Crippen molar-refractivity contribution in [2.45, 2.75) is 40.2 Å². The minimum atomic E-state index is -1.68. The Kier molecular flexibility index (Phi) is 5.97. The standard InChI is InChI=1S/C17H21ClO5/c1-9-5-13(18)12(7-11(9)6-10(2)19)8-14(20)15(21)17(3,4)16(22)23/h5-7,14,19-20H,8H2,1-4H3,(H,22,23)/b10-6-. The van der Waals surface area contributed by atoms with Gasteiger partial charge in [0.1, 0.15) is 11.5 Å². The number of aryl methyl sites for hydroxylation is 1. The quantitative estimate of drug-likeness (QED) is 0.546. The number of aliphatic carboxylic acids is 1. The van der Waals surface area contributed by atoms with Crippen molar-refractivity contribution >= 4 is 29.4 Å². The zero-order chi connectivity index (χ0) is 17.9. The third-order valence-corrected chi connectivity index (χ3v) is 4.02. The van der Waals surface area contributed by atoms with E-state index in [1.165, 1.54) is 20.8 Å². The van der Waals surface area contributed by atoms with Crippen LogP contribution in [0.3, 0.4) is 0 Å². The first-order valence-corrected chi connectivity index (χ1v) is 7.46. The summed E-state index contributed by atoms with van der Waals surface area (Å²) in [4.78, 5) is 23.2. The van der Waals surface area contributed by atoms with E-state index in [-0.39, 0.29) is 12.2 Å². The van der Waals surface area contributed by atoms with Gasteiger partial charge in [-0.15, -0.1) is 0 Å². The summed E-state index contributed by atoms with van der Waals surface area (Å²) in [6.07, 6.45) is -0.0294. The molecule has 0 spiro atoms. The molecule has 0 heterocycles. The summed E-state index contributed by atoms with van der Waals surface area (Å²) in [5, 5.41) is 28.9. The van der Waals surface area contributed by atoms with E-state index in [2.05, 4.69) is 0 Å². The Hall–Kier alpha value is -1.85. The van der Waals surface area contributed by atoms with Gasteiger partial charge in [0, 0.05) is 11.4 Å². The summed E-state index contributed by atoms with van der Waals surface area (Å²) in [5.41, 5.74) is 0.369. The van der Waals surface area contributed by atoms with Gasteiger partial charge < -0.3 is 15.3 Å². The third kappa shape index (κ3) is 4.56. The Labute approximate surface area is 140 Å². The van der Waals surface area contributed by atoms with E-state index in [1.807, 2.05) is 6.92 Å². The fourth-order valence-electron chi connectivity index (χ4n) is 2.10. The van der Waals surface area contributed by atoms with Gasteiger partial charge in [-0.25, -0.2) is 0 Å². The highest BCUT2D eigenvalue weighted by molar-refractivity contribution is 6.31.